The molecule has 2 aromatic carbocycles. The van der Waals surface area contributed by atoms with Gasteiger partial charge in [-0.15, -0.1) is 0 Å². The molecule has 2 amide bonds. The molecule has 0 saturated carbocycles. The van der Waals surface area contributed by atoms with Crippen molar-refractivity contribution in [3.8, 4) is 5.75 Å². The summed E-state index contributed by atoms with van der Waals surface area (Å²) in [6.45, 7) is 1.69. The van der Waals surface area contributed by atoms with E-state index >= 15 is 0 Å². The molecule has 0 atom stereocenters. The van der Waals surface area contributed by atoms with Crippen molar-refractivity contribution in [1.82, 2.24) is 10.2 Å². The van der Waals surface area contributed by atoms with E-state index in [4.69, 9.17) is 4.74 Å². The minimum Gasteiger partial charge on any atom is -0.490 e. The fraction of sp³-hybridized carbons (Fsp3) is 0.385. The fourth-order valence-corrected chi connectivity index (χ4v) is 4.09. The number of rotatable bonds is 7. The molecular weight excluding hydrogens is 448 g/mol. The lowest BCUT2D eigenvalue weighted by molar-refractivity contribution is -0.385. The van der Waals surface area contributed by atoms with Crippen LogP contribution in [0.4, 0.5) is 11.4 Å². The number of anilines is 1. The Morgan fingerprint density at radius 1 is 1.17 bits per heavy atom. The van der Waals surface area contributed by atoms with Gasteiger partial charge < -0.3 is 19.9 Å². The van der Waals surface area contributed by atoms with E-state index in [1.165, 1.54) is 25.3 Å². The van der Waals surface area contributed by atoms with Crippen molar-refractivity contribution in [2.24, 2.45) is 0 Å². The molecule has 35 heavy (non-hydrogen) atoms. The summed E-state index contributed by atoms with van der Waals surface area (Å²) >= 11 is 0. The second-order valence-corrected chi connectivity index (χ2v) is 8.66. The van der Waals surface area contributed by atoms with Crippen molar-refractivity contribution in [1.29, 1.82) is 0 Å². The zero-order valence-corrected chi connectivity index (χ0v) is 20.5. The number of nitro groups is 1. The van der Waals surface area contributed by atoms with E-state index in [1.54, 1.807) is 4.90 Å². The largest absolute Gasteiger partial charge is 0.490 e. The molecule has 0 aliphatic carbocycles. The minimum atomic E-state index is -0.540. The summed E-state index contributed by atoms with van der Waals surface area (Å²) in [5.74, 6) is -0.318. The lowest BCUT2D eigenvalue weighted by Crippen LogP contribution is -2.34. The van der Waals surface area contributed by atoms with E-state index in [0.29, 0.717) is 37.9 Å². The summed E-state index contributed by atoms with van der Waals surface area (Å²) in [5, 5.41) is 14.2. The summed E-state index contributed by atoms with van der Waals surface area (Å²) in [6.07, 6.45) is 4.56. The molecule has 0 saturated heterocycles. The van der Waals surface area contributed by atoms with Gasteiger partial charge in [-0.2, -0.15) is 0 Å². The quantitative estimate of drug-likeness (QED) is 0.480. The summed E-state index contributed by atoms with van der Waals surface area (Å²) in [4.78, 5) is 40.7. The molecule has 0 aromatic heterocycles. The molecule has 0 unspecified atom stereocenters. The number of methoxy groups -OCH3 is 1. The Balaban J connectivity index is 1.88. The second-order valence-electron chi connectivity index (χ2n) is 8.66. The highest BCUT2D eigenvalue weighted by Crippen LogP contribution is 2.30. The summed E-state index contributed by atoms with van der Waals surface area (Å²) in [5.41, 5.74) is 2.65. The maximum absolute atomic E-state index is 13.6. The fourth-order valence-electron chi connectivity index (χ4n) is 4.09. The number of amides is 2. The van der Waals surface area contributed by atoms with Crippen LogP contribution in [-0.4, -0.2) is 62.5 Å². The summed E-state index contributed by atoms with van der Waals surface area (Å²) in [7, 11) is 5.25. The number of nitrogens with zero attached hydrogens (tertiary/aromatic N) is 3. The molecule has 1 aliphatic heterocycles. The highest BCUT2D eigenvalue weighted by molar-refractivity contribution is 6.07. The molecule has 0 spiro atoms. The zero-order valence-electron chi connectivity index (χ0n) is 20.5. The molecule has 3 rings (SSSR count). The van der Waals surface area contributed by atoms with Gasteiger partial charge in [-0.25, -0.2) is 0 Å². The van der Waals surface area contributed by atoms with Crippen molar-refractivity contribution >= 4 is 23.2 Å². The van der Waals surface area contributed by atoms with Gasteiger partial charge in [0.05, 0.1) is 12.0 Å². The maximum atomic E-state index is 13.6. The molecule has 0 bridgehead atoms. The number of nitrogens with one attached hydrogen (secondary N) is 1. The lowest BCUT2D eigenvalue weighted by Gasteiger charge is -2.26. The Labute approximate surface area is 205 Å². The standard InChI is InChI=1S/C26H32N4O5/c1-28(2)17-15-27-25(31)20-10-6-9-19-8-4-5-12-22(19)29(16-7-11-20)26(32)21-13-14-23(30(33)34)24(18-21)35-3/h4-5,8,11-14,18H,6-7,9-10,15-17H2,1-3H3,(H,27,31)/b20-11+. The smallest absolute Gasteiger partial charge is 0.310 e. The number of carbonyl (C=O) groups is 2. The maximum Gasteiger partial charge on any atom is 0.310 e. The number of nitro benzene ring substituents is 1. The van der Waals surface area contributed by atoms with Gasteiger partial charge in [0.15, 0.2) is 5.75 Å². The average Bonchev–Trinajstić information content (AvgIpc) is 2.85. The number of hydrogen-bond acceptors (Lipinski definition) is 6. The first-order valence-electron chi connectivity index (χ1n) is 11.7. The van der Waals surface area contributed by atoms with Crippen LogP contribution in [0.2, 0.25) is 0 Å². The Kier molecular flexibility index (Phi) is 8.97. The number of benzene rings is 2. The Hall–Kier alpha value is -3.72. The van der Waals surface area contributed by atoms with Gasteiger partial charge >= 0.3 is 5.69 Å². The van der Waals surface area contributed by atoms with Crippen LogP contribution in [0.1, 0.15) is 35.2 Å². The number of hydrogen-bond donors (Lipinski definition) is 1. The van der Waals surface area contributed by atoms with Crippen LogP contribution in [-0.2, 0) is 11.2 Å². The van der Waals surface area contributed by atoms with E-state index < -0.39 is 4.92 Å². The van der Waals surface area contributed by atoms with Crippen molar-refractivity contribution < 1.29 is 19.2 Å². The van der Waals surface area contributed by atoms with Gasteiger partial charge in [-0.3, -0.25) is 19.7 Å². The molecule has 2 aromatic rings. The van der Waals surface area contributed by atoms with Crippen molar-refractivity contribution in [2.75, 3.05) is 45.7 Å². The second kappa shape index (κ2) is 12.1. The van der Waals surface area contributed by atoms with E-state index in [2.05, 4.69) is 5.32 Å². The van der Waals surface area contributed by atoms with Gasteiger partial charge in [0.1, 0.15) is 0 Å². The molecule has 0 fully saturated rings. The van der Waals surface area contributed by atoms with E-state index in [9.17, 15) is 19.7 Å². The highest BCUT2D eigenvalue weighted by Gasteiger charge is 2.24. The van der Waals surface area contributed by atoms with Crippen LogP contribution >= 0.6 is 0 Å². The third-order valence-electron chi connectivity index (χ3n) is 5.92. The van der Waals surface area contributed by atoms with Crippen molar-refractivity contribution in [3.05, 3.63) is 75.4 Å². The molecule has 1 heterocycles. The van der Waals surface area contributed by atoms with Crippen LogP contribution in [0, 0.1) is 10.1 Å². The van der Waals surface area contributed by atoms with Gasteiger partial charge in [0.25, 0.3) is 5.91 Å². The zero-order chi connectivity index (χ0) is 25.4. The number of ether oxygens (including phenoxy) is 1. The topological polar surface area (TPSA) is 105 Å². The van der Waals surface area contributed by atoms with Gasteiger partial charge in [-0.05, 0) is 57.5 Å². The first kappa shape index (κ1) is 25.9. The predicted molar refractivity (Wildman–Crippen MR) is 135 cm³/mol. The third-order valence-corrected chi connectivity index (χ3v) is 5.92. The molecule has 9 nitrogen and oxygen atoms in total. The lowest BCUT2D eigenvalue weighted by atomic mass is 9.99. The van der Waals surface area contributed by atoms with E-state index in [-0.39, 0.29) is 23.3 Å². The predicted octanol–water partition coefficient (Wildman–Crippen LogP) is 3.58. The van der Waals surface area contributed by atoms with E-state index in [0.717, 1.165) is 29.8 Å². The van der Waals surface area contributed by atoms with Crippen molar-refractivity contribution in [3.63, 3.8) is 0 Å². The number of fused-ring (bicyclic) bond motifs is 1. The Morgan fingerprint density at radius 2 is 1.94 bits per heavy atom. The molecular formula is C26H32N4O5. The molecule has 1 N–H and O–H groups in total. The van der Waals surface area contributed by atoms with Crippen molar-refractivity contribution in [2.45, 2.75) is 25.7 Å². The molecule has 0 radical (unpaired) electrons. The normalized spacial score (nSPS) is 15.5. The third kappa shape index (κ3) is 6.66. The number of aryl methyl sites for hydroxylation is 1. The Bertz CT molecular complexity index is 1110. The first-order chi connectivity index (χ1) is 16.8. The van der Waals surface area contributed by atoms with Gasteiger partial charge in [0.2, 0.25) is 5.91 Å². The van der Waals surface area contributed by atoms with Crippen LogP contribution in [0.3, 0.4) is 0 Å². The number of likely N-dealkylation sites (N-methyl/N-ethyl adjacent to an activating group) is 1. The molecule has 1 aliphatic rings. The number of para-hydroxylation sites is 1. The van der Waals surface area contributed by atoms with Crippen LogP contribution in [0.25, 0.3) is 0 Å². The van der Waals surface area contributed by atoms with Crippen LogP contribution < -0.4 is 15.0 Å². The highest BCUT2D eigenvalue weighted by atomic mass is 16.6. The summed E-state index contributed by atoms with van der Waals surface area (Å²) in [6, 6.07) is 11.9. The Morgan fingerprint density at radius 3 is 2.66 bits per heavy atom. The monoisotopic (exact) mass is 480 g/mol. The average molecular weight is 481 g/mol. The van der Waals surface area contributed by atoms with Gasteiger partial charge in [0, 0.05) is 48.6 Å². The minimum absolute atomic E-state index is 0.0341. The molecule has 9 heteroatoms. The van der Waals surface area contributed by atoms with Crippen LogP contribution in [0.15, 0.2) is 54.1 Å². The SMILES string of the molecule is COc1cc(C(=O)N2CC/C=C(/C(=O)NCCN(C)C)CCCc3ccccc32)ccc1[N+](=O)[O-]. The number of carbonyl (C=O) groups excluding carboxylic acids is 2. The molecule has 186 valence electrons. The van der Waals surface area contributed by atoms with Gasteiger partial charge in [-0.1, -0.05) is 24.3 Å². The van der Waals surface area contributed by atoms with E-state index in [1.807, 2.05) is 49.3 Å². The summed E-state index contributed by atoms with van der Waals surface area (Å²) < 4.78 is 5.15. The first-order valence-corrected chi connectivity index (χ1v) is 11.7. The van der Waals surface area contributed by atoms with Crippen LogP contribution in [0.5, 0.6) is 5.75 Å².